The predicted octanol–water partition coefficient (Wildman–Crippen LogP) is 1.99. The fraction of sp³-hybridized carbons (Fsp3) is 0.385. The summed E-state index contributed by atoms with van der Waals surface area (Å²) in [6, 6.07) is 5.00. The van der Waals surface area contributed by atoms with Crippen molar-refractivity contribution in [2.45, 2.75) is 13.8 Å². The van der Waals surface area contributed by atoms with Gasteiger partial charge in [0.25, 0.3) is 5.91 Å². The lowest BCUT2D eigenvalue weighted by Crippen LogP contribution is -2.33. The number of carboxylic acids is 1. The highest BCUT2D eigenvalue weighted by atomic mass is 35.5. The number of hydrogen-bond donors (Lipinski definition) is 2. The molecule has 0 aliphatic rings. The molecule has 19 heavy (non-hydrogen) atoms. The molecule has 0 saturated carbocycles. The number of carboxylic acid groups (broad SMARTS) is 1. The summed E-state index contributed by atoms with van der Waals surface area (Å²) in [5, 5.41) is 9.23. The minimum absolute atomic E-state index is 0.226. The number of hydrogen-bond acceptors (Lipinski definition) is 3. The van der Waals surface area contributed by atoms with E-state index in [4.69, 9.17) is 22.4 Å². The molecule has 1 amide bonds. The summed E-state index contributed by atoms with van der Waals surface area (Å²) in [5.41, 5.74) is 6.12. The van der Waals surface area contributed by atoms with Crippen molar-refractivity contribution in [3.63, 3.8) is 0 Å². The third-order valence-corrected chi connectivity index (χ3v) is 3.19. The third-order valence-electron chi connectivity index (χ3n) is 2.88. The molecule has 0 aromatic heterocycles. The number of rotatable bonds is 6. The minimum atomic E-state index is -0.888. The van der Waals surface area contributed by atoms with Crippen molar-refractivity contribution >= 4 is 29.2 Å². The van der Waals surface area contributed by atoms with E-state index in [0.29, 0.717) is 12.2 Å². The Bertz CT molecular complexity index is 491. The second-order valence-corrected chi connectivity index (χ2v) is 4.68. The summed E-state index contributed by atoms with van der Waals surface area (Å²) in [4.78, 5) is 24.2. The van der Waals surface area contributed by atoms with Gasteiger partial charge in [-0.15, -0.1) is 0 Å². The average molecular weight is 285 g/mol. The van der Waals surface area contributed by atoms with Gasteiger partial charge in [-0.2, -0.15) is 0 Å². The van der Waals surface area contributed by atoms with Crippen LogP contribution in [0.5, 0.6) is 0 Å². The maximum absolute atomic E-state index is 11.5. The molecule has 6 heteroatoms. The summed E-state index contributed by atoms with van der Waals surface area (Å²) in [6.45, 7) is 4.32. The predicted molar refractivity (Wildman–Crippen MR) is 74.7 cm³/mol. The molecule has 5 nitrogen and oxygen atoms in total. The summed E-state index contributed by atoms with van der Waals surface area (Å²) < 4.78 is 0. The minimum Gasteiger partial charge on any atom is -0.481 e. The van der Waals surface area contributed by atoms with Crippen LogP contribution in [0.25, 0.3) is 0 Å². The molecule has 1 aromatic carbocycles. The Balaban J connectivity index is 3.15. The number of carbonyl (C=O) groups excluding carboxylic acids is 1. The second-order valence-electron chi connectivity index (χ2n) is 4.28. The largest absolute Gasteiger partial charge is 0.481 e. The molecule has 1 aromatic rings. The maximum Gasteiger partial charge on any atom is 0.308 e. The highest BCUT2D eigenvalue weighted by molar-refractivity contribution is 6.34. The van der Waals surface area contributed by atoms with E-state index >= 15 is 0 Å². The van der Waals surface area contributed by atoms with Crippen LogP contribution in [-0.4, -0.2) is 30.1 Å². The van der Waals surface area contributed by atoms with E-state index in [0.717, 1.165) is 0 Å². The number of anilines is 1. The zero-order valence-electron chi connectivity index (χ0n) is 10.9. The smallest absolute Gasteiger partial charge is 0.308 e. The van der Waals surface area contributed by atoms with Gasteiger partial charge in [-0.05, 0) is 19.1 Å². The van der Waals surface area contributed by atoms with E-state index in [2.05, 4.69) is 0 Å². The Morgan fingerprint density at radius 1 is 1.47 bits per heavy atom. The van der Waals surface area contributed by atoms with Crippen LogP contribution in [0.3, 0.4) is 0 Å². The number of benzene rings is 1. The number of primary amides is 1. The molecule has 0 aliphatic heterocycles. The molecule has 0 bridgehead atoms. The van der Waals surface area contributed by atoms with E-state index in [1.807, 2.05) is 6.92 Å². The molecule has 0 radical (unpaired) electrons. The first-order chi connectivity index (χ1) is 8.88. The van der Waals surface area contributed by atoms with Crippen molar-refractivity contribution in [1.82, 2.24) is 0 Å². The number of carbonyl (C=O) groups is 2. The molecule has 3 N–H and O–H groups in total. The van der Waals surface area contributed by atoms with Gasteiger partial charge in [-0.1, -0.05) is 24.6 Å². The number of nitrogens with zero attached hydrogens (tertiary/aromatic N) is 1. The molecular weight excluding hydrogens is 268 g/mol. The van der Waals surface area contributed by atoms with Gasteiger partial charge in [0.05, 0.1) is 22.2 Å². The summed E-state index contributed by atoms with van der Waals surface area (Å²) in [7, 11) is 0. The highest BCUT2D eigenvalue weighted by Gasteiger charge is 2.20. The van der Waals surface area contributed by atoms with Crippen molar-refractivity contribution in [3.8, 4) is 0 Å². The molecule has 0 fully saturated rings. The standard InChI is InChI=1S/C13H17ClN2O3/c1-3-16(7-8(2)13(18)19)10-6-4-5-9(14)11(10)12(15)17/h4-6,8H,3,7H2,1-2H3,(H2,15,17)(H,18,19). The Morgan fingerprint density at radius 2 is 2.11 bits per heavy atom. The topological polar surface area (TPSA) is 83.6 Å². The first kappa shape index (κ1) is 15.3. The molecule has 1 atom stereocenters. The lowest BCUT2D eigenvalue weighted by atomic mass is 10.1. The van der Waals surface area contributed by atoms with Gasteiger partial charge < -0.3 is 15.7 Å². The number of halogens is 1. The Morgan fingerprint density at radius 3 is 2.58 bits per heavy atom. The lowest BCUT2D eigenvalue weighted by molar-refractivity contribution is -0.140. The average Bonchev–Trinajstić information content (AvgIpc) is 2.34. The Kier molecular flexibility index (Phi) is 5.18. The number of nitrogens with two attached hydrogens (primary N) is 1. The molecule has 1 unspecified atom stereocenters. The number of aliphatic carboxylic acids is 1. The summed E-state index contributed by atoms with van der Waals surface area (Å²) in [6.07, 6.45) is 0. The molecule has 0 saturated heterocycles. The van der Waals surface area contributed by atoms with Gasteiger partial charge in [0.2, 0.25) is 0 Å². The molecule has 104 valence electrons. The zero-order chi connectivity index (χ0) is 14.6. The van der Waals surface area contributed by atoms with Crippen LogP contribution in [0.2, 0.25) is 5.02 Å². The second kappa shape index (κ2) is 6.43. The van der Waals surface area contributed by atoms with E-state index < -0.39 is 17.8 Å². The Labute approximate surface area is 117 Å². The molecule has 0 spiro atoms. The van der Waals surface area contributed by atoms with Gasteiger partial charge in [0.15, 0.2) is 0 Å². The van der Waals surface area contributed by atoms with Crippen molar-refractivity contribution < 1.29 is 14.7 Å². The highest BCUT2D eigenvalue weighted by Crippen LogP contribution is 2.27. The molecular formula is C13H17ClN2O3. The maximum atomic E-state index is 11.5. The van der Waals surface area contributed by atoms with Crippen LogP contribution in [0, 0.1) is 5.92 Å². The van der Waals surface area contributed by atoms with Gasteiger partial charge >= 0.3 is 5.97 Å². The molecule has 1 rings (SSSR count). The monoisotopic (exact) mass is 284 g/mol. The molecule has 0 heterocycles. The quantitative estimate of drug-likeness (QED) is 0.837. The normalized spacial score (nSPS) is 11.9. The van der Waals surface area contributed by atoms with Gasteiger partial charge in [0.1, 0.15) is 0 Å². The van der Waals surface area contributed by atoms with Crippen molar-refractivity contribution in [1.29, 1.82) is 0 Å². The van der Waals surface area contributed by atoms with Crippen LogP contribution in [0.4, 0.5) is 5.69 Å². The van der Waals surface area contributed by atoms with Crippen molar-refractivity contribution in [2.75, 3.05) is 18.0 Å². The van der Waals surface area contributed by atoms with E-state index in [9.17, 15) is 9.59 Å². The first-order valence-electron chi connectivity index (χ1n) is 5.94. The summed E-state index contributed by atoms with van der Waals surface area (Å²) >= 11 is 5.98. The Hall–Kier alpha value is -1.75. The zero-order valence-corrected chi connectivity index (χ0v) is 11.6. The van der Waals surface area contributed by atoms with Crippen molar-refractivity contribution in [2.24, 2.45) is 11.7 Å². The van der Waals surface area contributed by atoms with Gasteiger partial charge in [-0.3, -0.25) is 9.59 Å². The lowest BCUT2D eigenvalue weighted by Gasteiger charge is -2.27. The van der Waals surface area contributed by atoms with Crippen LogP contribution in [0.1, 0.15) is 24.2 Å². The van der Waals surface area contributed by atoms with Crippen LogP contribution < -0.4 is 10.6 Å². The van der Waals surface area contributed by atoms with Crippen LogP contribution in [0.15, 0.2) is 18.2 Å². The van der Waals surface area contributed by atoms with Crippen LogP contribution >= 0.6 is 11.6 Å². The number of amides is 1. The van der Waals surface area contributed by atoms with Gasteiger partial charge in [-0.25, -0.2) is 0 Å². The van der Waals surface area contributed by atoms with Crippen molar-refractivity contribution in [3.05, 3.63) is 28.8 Å². The van der Waals surface area contributed by atoms with E-state index in [1.165, 1.54) is 0 Å². The van der Waals surface area contributed by atoms with E-state index in [1.54, 1.807) is 30.0 Å². The third kappa shape index (κ3) is 3.61. The molecule has 0 aliphatic carbocycles. The fourth-order valence-corrected chi connectivity index (χ4v) is 2.09. The fourth-order valence-electron chi connectivity index (χ4n) is 1.83. The summed E-state index contributed by atoms with van der Waals surface area (Å²) in [5.74, 6) is -2.07. The van der Waals surface area contributed by atoms with E-state index in [-0.39, 0.29) is 17.1 Å². The SMILES string of the molecule is CCN(CC(C)C(=O)O)c1cccc(Cl)c1C(N)=O. The van der Waals surface area contributed by atoms with Crippen LogP contribution in [-0.2, 0) is 4.79 Å². The van der Waals surface area contributed by atoms with Gasteiger partial charge in [0, 0.05) is 13.1 Å². The first-order valence-corrected chi connectivity index (χ1v) is 6.32.